The molecular formula is C21H22N2O3. The first-order valence-electron chi connectivity index (χ1n) is 8.61. The molecular weight excluding hydrogens is 328 g/mol. The summed E-state index contributed by atoms with van der Waals surface area (Å²) in [6, 6.07) is 12.8. The van der Waals surface area contributed by atoms with E-state index in [-0.39, 0.29) is 12.4 Å². The van der Waals surface area contributed by atoms with Gasteiger partial charge in [-0.05, 0) is 57.2 Å². The number of carbonyl (C=O) groups excluding carboxylic acids is 2. The molecule has 0 bridgehead atoms. The standard InChI is InChI=1S/C21H22N2O3/c1-4-23-15(2)12-19(16(23)3)20(24)14-26-21(25)17-8-7-9-18(13-17)22-10-5-6-11-22/h5-13H,4,14H2,1-3H3. The van der Waals surface area contributed by atoms with Gasteiger partial charge in [-0.2, -0.15) is 0 Å². The normalized spacial score (nSPS) is 10.7. The van der Waals surface area contributed by atoms with Crippen LogP contribution in [0.15, 0.2) is 54.9 Å². The van der Waals surface area contributed by atoms with Gasteiger partial charge in [-0.1, -0.05) is 6.07 Å². The van der Waals surface area contributed by atoms with Crippen molar-refractivity contribution in [2.75, 3.05) is 6.61 Å². The number of nitrogens with zero attached hydrogens (tertiary/aromatic N) is 2. The topological polar surface area (TPSA) is 53.2 Å². The third-order valence-electron chi connectivity index (χ3n) is 4.51. The van der Waals surface area contributed by atoms with Crippen LogP contribution in [0.5, 0.6) is 0 Å². The molecule has 0 aliphatic heterocycles. The number of rotatable bonds is 6. The van der Waals surface area contributed by atoms with Gasteiger partial charge in [-0.25, -0.2) is 4.79 Å². The van der Waals surface area contributed by atoms with Gasteiger partial charge in [-0.15, -0.1) is 0 Å². The number of benzene rings is 1. The summed E-state index contributed by atoms with van der Waals surface area (Å²) >= 11 is 0. The van der Waals surface area contributed by atoms with Gasteiger partial charge in [0.1, 0.15) is 0 Å². The van der Waals surface area contributed by atoms with Gasteiger partial charge >= 0.3 is 5.97 Å². The van der Waals surface area contributed by atoms with Gasteiger partial charge < -0.3 is 13.9 Å². The van der Waals surface area contributed by atoms with Crippen molar-refractivity contribution in [3.8, 4) is 5.69 Å². The van der Waals surface area contributed by atoms with Crippen LogP contribution >= 0.6 is 0 Å². The molecule has 0 saturated heterocycles. The Morgan fingerprint density at radius 2 is 1.77 bits per heavy atom. The Bertz CT molecular complexity index is 936. The van der Waals surface area contributed by atoms with Gasteiger partial charge in [0.05, 0.1) is 5.56 Å². The molecule has 134 valence electrons. The zero-order chi connectivity index (χ0) is 18.7. The maximum absolute atomic E-state index is 12.4. The number of aryl methyl sites for hydroxylation is 1. The summed E-state index contributed by atoms with van der Waals surface area (Å²) in [6.07, 6.45) is 3.80. The molecule has 0 spiro atoms. The summed E-state index contributed by atoms with van der Waals surface area (Å²) in [6.45, 7) is 6.45. The van der Waals surface area contributed by atoms with Crippen molar-refractivity contribution in [3.05, 3.63) is 77.4 Å². The second-order valence-corrected chi connectivity index (χ2v) is 6.17. The number of Topliss-reactive ketones (excluding diaryl/α,β-unsaturated/α-hetero) is 1. The fraction of sp³-hybridized carbons (Fsp3) is 0.238. The smallest absolute Gasteiger partial charge is 0.338 e. The molecule has 5 nitrogen and oxygen atoms in total. The van der Waals surface area contributed by atoms with E-state index in [4.69, 9.17) is 4.74 Å². The van der Waals surface area contributed by atoms with Gasteiger partial charge in [0, 0.05) is 41.6 Å². The molecule has 2 aromatic heterocycles. The Morgan fingerprint density at radius 3 is 2.42 bits per heavy atom. The minimum Gasteiger partial charge on any atom is -0.454 e. The Hall–Kier alpha value is -3.08. The van der Waals surface area contributed by atoms with E-state index in [1.165, 1.54) is 0 Å². The Morgan fingerprint density at radius 1 is 1.04 bits per heavy atom. The van der Waals surface area contributed by atoms with E-state index in [0.29, 0.717) is 11.1 Å². The molecule has 0 N–H and O–H groups in total. The van der Waals surface area contributed by atoms with E-state index in [2.05, 4.69) is 4.57 Å². The molecule has 2 heterocycles. The Kier molecular flexibility index (Phi) is 5.07. The van der Waals surface area contributed by atoms with E-state index in [1.807, 2.05) is 62.0 Å². The number of hydrogen-bond donors (Lipinski definition) is 0. The highest BCUT2D eigenvalue weighted by Crippen LogP contribution is 2.16. The summed E-state index contributed by atoms with van der Waals surface area (Å²) in [5, 5.41) is 0. The van der Waals surface area contributed by atoms with E-state index < -0.39 is 5.97 Å². The summed E-state index contributed by atoms with van der Waals surface area (Å²) in [5.74, 6) is -0.690. The predicted molar refractivity (Wildman–Crippen MR) is 100.0 cm³/mol. The lowest BCUT2D eigenvalue weighted by Crippen LogP contribution is -2.15. The van der Waals surface area contributed by atoms with Crippen LogP contribution in [0.4, 0.5) is 0 Å². The summed E-state index contributed by atoms with van der Waals surface area (Å²) in [5.41, 5.74) is 3.82. The van der Waals surface area contributed by atoms with Gasteiger partial charge in [0.15, 0.2) is 6.61 Å². The average molecular weight is 350 g/mol. The number of aromatic nitrogens is 2. The molecule has 26 heavy (non-hydrogen) atoms. The molecule has 5 heteroatoms. The molecule has 0 atom stereocenters. The van der Waals surface area contributed by atoms with Crippen molar-refractivity contribution in [1.82, 2.24) is 9.13 Å². The van der Waals surface area contributed by atoms with Crippen molar-refractivity contribution in [1.29, 1.82) is 0 Å². The third kappa shape index (κ3) is 3.47. The van der Waals surface area contributed by atoms with Crippen molar-refractivity contribution in [2.45, 2.75) is 27.3 Å². The van der Waals surface area contributed by atoms with Crippen LogP contribution in [0, 0.1) is 13.8 Å². The lowest BCUT2D eigenvalue weighted by Gasteiger charge is -2.08. The molecule has 0 unspecified atom stereocenters. The zero-order valence-corrected chi connectivity index (χ0v) is 15.2. The molecule has 0 radical (unpaired) electrons. The first-order valence-corrected chi connectivity index (χ1v) is 8.61. The lowest BCUT2D eigenvalue weighted by atomic mass is 10.1. The van der Waals surface area contributed by atoms with Gasteiger partial charge in [0.25, 0.3) is 0 Å². The van der Waals surface area contributed by atoms with E-state index in [0.717, 1.165) is 23.6 Å². The number of ketones is 1. The molecule has 0 fully saturated rings. The quantitative estimate of drug-likeness (QED) is 0.499. The summed E-state index contributed by atoms with van der Waals surface area (Å²) < 4.78 is 9.22. The van der Waals surface area contributed by atoms with Crippen molar-refractivity contribution in [3.63, 3.8) is 0 Å². The monoisotopic (exact) mass is 350 g/mol. The van der Waals surface area contributed by atoms with Crippen LogP contribution < -0.4 is 0 Å². The van der Waals surface area contributed by atoms with Crippen LogP contribution in [0.1, 0.15) is 39.0 Å². The molecule has 0 aliphatic rings. The van der Waals surface area contributed by atoms with E-state index in [1.54, 1.807) is 18.2 Å². The fourth-order valence-corrected chi connectivity index (χ4v) is 3.16. The van der Waals surface area contributed by atoms with Crippen molar-refractivity contribution < 1.29 is 14.3 Å². The second kappa shape index (κ2) is 7.44. The highest BCUT2D eigenvalue weighted by Gasteiger charge is 2.17. The zero-order valence-electron chi connectivity index (χ0n) is 15.2. The van der Waals surface area contributed by atoms with Crippen LogP contribution in [-0.2, 0) is 11.3 Å². The van der Waals surface area contributed by atoms with Crippen LogP contribution in [-0.4, -0.2) is 27.5 Å². The molecule has 1 aromatic carbocycles. The van der Waals surface area contributed by atoms with Gasteiger partial charge in [0.2, 0.25) is 5.78 Å². The number of carbonyl (C=O) groups is 2. The minimum absolute atomic E-state index is 0.187. The van der Waals surface area contributed by atoms with E-state index >= 15 is 0 Å². The van der Waals surface area contributed by atoms with E-state index in [9.17, 15) is 9.59 Å². The molecule has 0 amide bonds. The molecule has 3 aromatic rings. The first-order chi connectivity index (χ1) is 12.5. The minimum atomic E-state index is -0.503. The second-order valence-electron chi connectivity index (χ2n) is 6.17. The van der Waals surface area contributed by atoms with Gasteiger partial charge in [-0.3, -0.25) is 4.79 Å². The van der Waals surface area contributed by atoms with Crippen molar-refractivity contribution in [2.24, 2.45) is 0 Å². The van der Waals surface area contributed by atoms with Crippen LogP contribution in [0.2, 0.25) is 0 Å². The maximum Gasteiger partial charge on any atom is 0.338 e. The molecule has 3 rings (SSSR count). The number of esters is 1. The Balaban J connectivity index is 1.69. The number of ether oxygens (including phenoxy) is 1. The first kappa shape index (κ1) is 17.7. The molecule has 0 aliphatic carbocycles. The summed E-state index contributed by atoms with van der Waals surface area (Å²) in [4.78, 5) is 24.8. The number of hydrogen-bond acceptors (Lipinski definition) is 3. The predicted octanol–water partition coefficient (Wildman–Crippen LogP) is 3.96. The average Bonchev–Trinajstić information content (AvgIpc) is 3.28. The maximum atomic E-state index is 12.4. The Labute approximate surface area is 152 Å². The van der Waals surface area contributed by atoms with Crippen LogP contribution in [0.3, 0.4) is 0 Å². The lowest BCUT2D eigenvalue weighted by molar-refractivity contribution is 0.0474. The molecule has 0 saturated carbocycles. The SMILES string of the molecule is CCn1c(C)cc(C(=O)COC(=O)c2cccc(-n3cccc3)c2)c1C. The van der Waals surface area contributed by atoms with Crippen molar-refractivity contribution >= 4 is 11.8 Å². The summed E-state index contributed by atoms with van der Waals surface area (Å²) in [7, 11) is 0. The fourth-order valence-electron chi connectivity index (χ4n) is 3.16. The van der Waals surface area contributed by atoms with Crippen LogP contribution in [0.25, 0.3) is 5.69 Å². The highest BCUT2D eigenvalue weighted by molar-refractivity contribution is 6.00. The third-order valence-corrected chi connectivity index (χ3v) is 4.51. The largest absolute Gasteiger partial charge is 0.454 e. The highest BCUT2D eigenvalue weighted by atomic mass is 16.5.